The van der Waals surface area contributed by atoms with Crippen LogP contribution in [0.15, 0.2) is 22.7 Å². The van der Waals surface area contributed by atoms with Crippen LogP contribution in [0.2, 0.25) is 0 Å². The lowest BCUT2D eigenvalue weighted by atomic mass is 10.1. The van der Waals surface area contributed by atoms with E-state index in [0.29, 0.717) is 12.3 Å². The second-order valence-corrected chi connectivity index (χ2v) is 5.10. The molecule has 0 N–H and O–H groups in total. The molecule has 1 heterocycles. The van der Waals surface area contributed by atoms with Crippen molar-refractivity contribution >= 4 is 33.5 Å². The van der Waals surface area contributed by atoms with E-state index in [1.807, 2.05) is 0 Å². The minimum atomic E-state index is -0.397. The molecule has 1 aromatic rings. The predicted molar refractivity (Wildman–Crippen MR) is 73.2 cm³/mol. The summed E-state index contributed by atoms with van der Waals surface area (Å²) in [4.78, 5) is 25.1. The number of ether oxygens (including phenoxy) is 2. The van der Waals surface area contributed by atoms with E-state index < -0.39 is 5.92 Å². The number of anilines is 1. The molecule has 6 heteroatoms. The minimum absolute atomic E-state index is 0.0822. The van der Waals surface area contributed by atoms with E-state index in [4.69, 9.17) is 4.74 Å². The van der Waals surface area contributed by atoms with Gasteiger partial charge in [0.1, 0.15) is 5.75 Å². The van der Waals surface area contributed by atoms with Crippen LogP contribution in [0.25, 0.3) is 0 Å². The van der Waals surface area contributed by atoms with Gasteiger partial charge in [-0.3, -0.25) is 9.59 Å². The van der Waals surface area contributed by atoms with Gasteiger partial charge in [0.25, 0.3) is 0 Å². The molecule has 2 rings (SSSR count). The highest BCUT2D eigenvalue weighted by Gasteiger charge is 2.36. The van der Waals surface area contributed by atoms with Gasteiger partial charge in [-0.25, -0.2) is 0 Å². The number of esters is 1. The molecule has 1 amide bonds. The number of halogens is 1. The molecule has 102 valence electrons. The number of methoxy groups -OCH3 is 2. The summed E-state index contributed by atoms with van der Waals surface area (Å²) in [5.74, 6) is -0.125. The van der Waals surface area contributed by atoms with Crippen molar-refractivity contribution in [3.63, 3.8) is 0 Å². The second-order valence-electron chi connectivity index (χ2n) is 4.25. The number of benzene rings is 1. The lowest BCUT2D eigenvalue weighted by Gasteiger charge is -2.18. The maximum atomic E-state index is 12.0. The molecule has 1 saturated heterocycles. The zero-order chi connectivity index (χ0) is 14.0. The lowest BCUT2D eigenvalue weighted by Crippen LogP contribution is -2.26. The SMILES string of the molecule is COC(=O)C1CC(=O)N(c2ccc(OC)cc2Br)C1. The molecule has 0 spiro atoms. The fraction of sp³-hybridized carbons (Fsp3) is 0.385. The summed E-state index contributed by atoms with van der Waals surface area (Å²) in [6.07, 6.45) is 0.186. The normalized spacial score (nSPS) is 18.6. The van der Waals surface area contributed by atoms with Gasteiger partial charge in [0, 0.05) is 17.4 Å². The summed E-state index contributed by atoms with van der Waals surface area (Å²) in [6, 6.07) is 5.35. The van der Waals surface area contributed by atoms with Crippen LogP contribution >= 0.6 is 15.9 Å². The summed E-state index contributed by atoms with van der Waals surface area (Å²) in [6.45, 7) is 0.344. The summed E-state index contributed by atoms with van der Waals surface area (Å²) < 4.78 is 10.5. The van der Waals surface area contributed by atoms with E-state index in [0.717, 1.165) is 10.2 Å². The fourth-order valence-corrected chi connectivity index (χ4v) is 2.67. The van der Waals surface area contributed by atoms with E-state index in [9.17, 15) is 9.59 Å². The van der Waals surface area contributed by atoms with Crippen LogP contribution in [0, 0.1) is 5.92 Å². The van der Waals surface area contributed by atoms with Gasteiger partial charge in [-0.2, -0.15) is 0 Å². The van der Waals surface area contributed by atoms with Crippen LogP contribution < -0.4 is 9.64 Å². The van der Waals surface area contributed by atoms with Crippen LogP contribution in [0.1, 0.15) is 6.42 Å². The van der Waals surface area contributed by atoms with Gasteiger partial charge >= 0.3 is 5.97 Å². The molecule has 0 aromatic heterocycles. The molecule has 1 aliphatic rings. The summed E-state index contributed by atoms with van der Waals surface area (Å²) in [7, 11) is 2.91. The molecule has 1 atom stereocenters. The van der Waals surface area contributed by atoms with Gasteiger partial charge in [0.05, 0.1) is 25.8 Å². The Labute approximate surface area is 119 Å². The van der Waals surface area contributed by atoms with Crippen LogP contribution in [0.4, 0.5) is 5.69 Å². The fourth-order valence-electron chi connectivity index (χ4n) is 2.10. The Balaban J connectivity index is 2.23. The van der Waals surface area contributed by atoms with Gasteiger partial charge < -0.3 is 14.4 Å². The smallest absolute Gasteiger partial charge is 0.311 e. The third-order valence-electron chi connectivity index (χ3n) is 3.11. The quantitative estimate of drug-likeness (QED) is 0.796. The number of nitrogens with zero attached hydrogens (tertiary/aromatic N) is 1. The Morgan fingerprint density at radius 3 is 2.74 bits per heavy atom. The summed E-state index contributed by atoms with van der Waals surface area (Å²) >= 11 is 3.41. The molecule has 1 unspecified atom stereocenters. The maximum Gasteiger partial charge on any atom is 0.311 e. The Kier molecular flexibility index (Phi) is 4.09. The third kappa shape index (κ3) is 2.73. The number of carbonyl (C=O) groups excluding carboxylic acids is 2. The predicted octanol–water partition coefficient (Wildman–Crippen LogP) is 1.98. The van der Waals surface area contributed by atoms with Crippen LogP contribution in [0.5, 0.6) is 5.75 Å². The topological polar surface area (TPSA) is 55.8 Å². The van der Waals surface area contributed by atoms with Crippen molar-refractivity contribution in [2.75, 3.05) is 25.7 Å². The van der Waals surface area contributed by atoms with Crippen LogP contribution in [0.3, 0.4) is 0 Å². The van der Waals surface area contributed by atoms with Crippen LogP contribution in [-0.4, -0.2) is 32.6 Å². The standard InChI is InChI=1S/C13H14BrNO4/c1-18-9-3-4-11(10(14)6-9)15-7-8(5-12(15)16)13(17)19-2/h3-4,6,8H,5,7H2,1-2H3. The highest BCUT2D eigenvalue weighted by Crippen LogP contribution is 2.34. The van der Waals surface area contributed by atoms with E-state index >= 15 is 0 Å². The highest BCUT2D eigenvalue weighted by molar-refractivity contribution is 9.10. The number of rotatable bonds is 3. The molecule has 1 fully saturated rings. The van der Waals surface area contributed by atoms with Crippen molar-refractivity contribution in [3.8, 4) is 5.75 Å². The average molecular weight is 328 g/mol. The van der Waals surface area contributed by atoms with Gasteiger partial charge in [0.2, 0.25) is 5.91 Å². The van der Waals surface area contributed by atoms with Crippen molar-refractivity contribution in [3.05, 3.63) is 22.7 Å². The van der Waals surface area contributed by atoms with E-state index in [1.54, 1.807) is 30.2 Å². The zero-order valence-electron chi connectivity index (χ0n) is 10.7. The molecule has 1 aromatic carbocycles. The van der Waals surface area contributed by atoms with Crippen molar-refractivity contribution < 1.29 is 19.1 Å². The maximum absolute atomic E-state index is 12.0. The molecule has 0 radical (unpaired) electrons. The largest absolute Gasteiger partial charge is 0.497 e. The van der Waals surface area contributed by atoms with Crippen molar-refractivity contribution in [1.82, 2.24) is 0 Å². The lowest BCUT2D eigenvalue weighted by molar-refractivity contribution is -0.145. The van der Waals surface area contributed by atoms with Crippen LogP contribution in [-0.2, 0) is 14.3 Å². The van der Waals surface area contributed by atoms with Crippen molar-refractivity contribution in [2.24, 2.45) is 5.92 Å². The average Bonchev–Trinajstić information content (AvgIpc) is 2.79. The van der Waals surface area contributed by atoms with Gasteiger partial charge in [0.15, 0.2) is 0 Å². The van der Waals surface area contributed by atoms with E-state index in [2.05, 4.69) is 20.7 Å². The number of hydrogen-bond donors (Lipinski definition) is 0. The van der Waals surface area contributed by atoms with Crippen molar-refractivity contribution in [1.29, 1.82) is 0 Å². The molecule has 1 aliphatic heterocycles. The molecular formula is C13H14BrNO4. The Morgan fingerprint density at radius 1 is 1.42 bits per heavy atom. The number of amides is 1. The zero-order valence-corrected chi connectivity index (χ0v) is 12.3. The molecule has 0 bridgehead atoms. The van der Waals surface area contributed by atoms with Gasteiger partial charge in [-0.15, -0.1) is 0 Å². The summed E-state index contributed by atoms with van der Waals surface area (Å²) in [5, 5.41) is 0. The first-order valence-corrected chi connectivity index (χ1v) is 6.58. The Bertz CT molecular complexity index is 517. The molecule has 19 heavy (non-hydrogen) atoms. The Hall–Kier alpha value is -1.56. The molecule has 0 saturated carbocycles. The van der Waals surface area contributed by atoms with Gasteiger partial charge in [-0.05, 0) is 34.1 Å². The molecule has 0 aliphatic carbocycles. The highest BCUT2D eigenvalue weighted by atomic mass is 79.9. The summed E-state index contributed by atoms with van der Waals surface area (Å²) in [5.41, 5.74) is 0.734. The monoisotopic (exact) mass is 327 g/mol. The van der Waals surface area contributed by atoms with E-state index in [1.165, 1.54) is 7.11 Å². The first-order chi connectivity index (χ1) is 9.06. The second kappa shape index (κ2) is 5.61. The first-order valence-electron chi connectivity index (χ1n) is 5.78. The molecule has 5 nitrogen and oxygen atoms in total. The number of carbonyl (C=O) groups is 2. The van der Waals surface area contributed by atoms with E-state index in [-0.39, 0.29) is 18.3 Å². The number of hydrogen-bond acceptors (Lipinski definition) is 4. The molecular weight excluding hydrogens is 314 g/mol. The first kappa shape index (κ1) is 13.9. The minimum Gasteiger partial charge on any atom is -0.497 e. The third-order valence-corrected chi connectivity index (χ3v) is 3.74. The van der Waals surface area contributed by atoms with Gasteiger partial charge in [-0.1, -0.05) is 0 Å². The Morgan fingerprint density at radius 2 is 2.16 bits per heavy atom. The van der Waals surface area contributed by atoms with Crippen molar-refractivity contribution in [2.45, 2.75) is 6.42 Å².